The zero-order chi connectivity index (χ0) is 14.8. The topological polar surface area (TPSA) is 66.8 Å². The Labute approximate surface area is 120 Å². The van der Waals surface area contributed by atoms with Crippen LogP contribution in [0.3, 0.4) is 0 Å². The lowest BCUT2D eigenvalue weighted by Gasteiger charge is -2.42. The van der Waals surface area contributed by atoms with Crippen molar-refractivity contribution in [3.8, 4) is 0 Å². The van der Waals surface area contributed by atoms with Gasteiger partial charge < -0.3 is 14.7 Å². The van der Waals surface area contributed by atoms with Gasteiger partial charge in [-0.1, -0.05) is 6.92 Å². The molecule has 0 bridgehead atoms. The quantitative estimate of drug-likeness (QED) is 0.861. The minimum atomic E-state index is -0.729. The van der Waals surface area contributed by atoms with Crippen LogP contribution < -0.4 is 0 Å². The normalized spacial score (nSPS) is 30.0. The van der Waals surface area contributed by atoms with Crippen molar-refractivity contribution in [3.05, 3.63) is 0 Å². The van der Waals surface area contributed by atoms with Gasteiger partial charge >= 0.3 is 5.97 Å². The molecule has 0 aromatic rings. The Morgan fingerprint density at radius 3 is 2.30 bits per heavy atom. The SMILES string of the molecule is CCC1(C(=O)O)CCN(C(=O)[C@]2(C)CCCCO2)CC1. The van der Waals surface area contributed by atoms with E-state index < -0.39 is 17.0 Å². The highest BCUT2D eigenvalue weighted by molar-refractivity contribution is 5.85. The molecule has 5 heteroatoms. The van der Waals surface area contributed by atoms with Crippen molar-refractivity contribution in [1.29, 1.82) is 0 Å². The Bertz CT molecular complexity index is 379. The molecule has 0 unspecified atom stereocenters. The van der Waals surface area contributed by atoms with Crippen LogP contribution in [0.1, 0.15) is 52.4 Å². The summed E-state index contributed by atoms with van der Waals surface area (Å²) in [5.74, 6) is -0.695. The highest BCUT2D eigenvalue weighted by Gasteiger charge is 2.45. The molecule has 2 rings (SSSR count). The lowest BCUT2D eigenvalue weighted by atomic mass is 9.76. The number of rotatable bonds is 3. The zero-order valence-electron chi connectivity index (χ0n) is 12.5. The smallest absolute Gasteiger partial charge is 0.309 e. The van der Waals surface area contributed by atoms with Crippen LogP contribution in [0.4, 0.5) is 0 Å². The molecular formula is C15H25NO4. The molecule has 2 saturated heterocycles. The van der Waals surface area contributed by atoms with Gasteiger partial charge in [-0.15, -0.1) is 0 Å². The third-order valence-corrected chi connectivity index (χ3v) is 5.06. The fourth-order valence-corrected chi connectivity index (χ4v) is 3.29. The molecule has 2 aliphatic heterocycles. The number of carboxylic acid groups (broad SMARTS) is 1. The van der Waals surface area contributed by atoms with Gasteiger partial charge in [-0.25, -0.2) is 0 Å². The lowest BCUT2D eigenvalue weighted by Crippen LogP contribution is -2.54. The third-order valence-electron chi connectivity index (χ3n) is 5.06. The predicted octanol–water partition coefficient (Wildman–Crippen LogP) is 2.05. The molecule has 1 amide bonds. The van der Waals surface area contributed by atoms with Crippen molar-refractivity contribution in [2.75, 3.05) is 19.7 Å². The van der Waals surface area contributed by atoms with Crippen LogP contribution in [0.5, 0.6) is 0 Å². The van der Waals surface area contributed by atoms with Gasteiger partial charge in [0.05, 0.1) is 5.41 Å². The average Bonchev–Trinajstić information content (AvgIpc) is 2.47. The first kappa shape index (κ1) is 15.3. The maximum Gasteiger partial charge on any atom is 0.309 e. The van der Waals surface area contributed by atoms with Gasteiger partial charge in [-0.2, -0.15) is 0 Å². The first-order valence-corrected chi connectivity index (χ1v) is 7.60. The maximum atomic E-state index is 12.6. The van der Waals surface area contributed by atoms with Gasteiger partial charge in [0, 0.05) is 19.7 Å². The van der Waals surface area contributed by atoms with E-state index >= 15 is 0 Å². The number of likely N-dealkylation sites (tertiary alicyclic amines) is 1. The largest absolute Gasteiger partial charge is 0.481 e. The second kappa shape index (κ2) is 5.72. The Hall–Kier alpha value is -1.10. The number of carbonyl (C=O) groups excluding carboxylic acids is 1. The van der Waals surface area contributed by atoms with Crippen LogP contribution >= 0.6 is 0 Å². The molecule has 1 N–H and O–H groups in total. The van der Waals surface area contributed by atoms with Crippen molar-refractivity contribution < 1.29 is 19.4 Å². The van der Waals surface area contributed by atoms with Crippen LogP contribution in [0.2, 0.25) is 0 Å². The van der Waals surface area contributed by atoms with Crippen molar-refractivity contribution in [3.63, 3.8) is 0 Å². The Morgan fingerprint density at radius 1 is 1.20 bits per heavy atom. The van der Waals surface area contributed by atoms with E-state index in [0.717, 1.165) is 19.3 Å². The number of carbonyl (C=O) groups is 2. The minimum absolute atomic E-state index is 0.0345. The van der Waals surface area contributed by atoms with Crippen molar-refractivity contribution >= 4 is 11.9 Å². The molecule has 0 aromatic heterocycles. The van der Waals surface area contributed by atoms with Gasteiger partial charge in [-0.05, 0) is 45.4 Å². The van der Waals surface area contributed by atoms with E-state index in [0.29, 0.717) is 39.0 Å². The van der Waals surface area contributed by atoms with Crippen LogP contribution in [0.15, 0.2) is 0 Å². The molecule has 114 valence electrons. The van der Waals surface area contributed by atoms with E-state index in [1.165, 1.54) is 0 Å². The van der Waals surface area contributed by atoms with E-state index in [9.17, 15) is 14.7 Å². The summed E-state index contributed by atoms with van der Waals surface area (Å²) >= 11 is 0. The highest BCUT2D eigenvalue weighted by Crippen LogP contribution is 2.36. The molecule has 2 fully saturated rings. The fraction of sp³-hybridized carbons (Fsp3) is 0.867. The number of piperidine rings is 1. The third kappa shape index (κ3) is 2.68. The van der Waals surface area contributed by atoms with Crippen molar-refractivity contribution in [1.82, 2.24) is 4.90 Å². The fourth-order valence-electron chi connectivity index (χ4n) is 3.29. The number of nitrogens with zero attached hydrogens (tertiary/aromatic N) is 1. The number of hydrogen-bond acceptors (Lipinski definition) is 3. The summed E-state index contributed by atoms with van der Waals surface area (Å²) in [6.45, 7) is 5.48. The standard InChI is InChI=1S/C15H25NO4/c1-3-15(13(18)19)7-9-16(10-8-15)12(17)14(2)6-4-5-11-20-14/h3-11H2,1-2H3,(H,18,19)/t14-/m0/s1. The molecule has 1 atom stereocenters. The molecule has 0 aromatic carbocycles. The minimum Gasteiger partial charge on any atom is -0.481 e. The molecule has 2 heterocycles. The molecule has 2 aliphatic rings. The van der Waals surface area contributed by atoms with Crippen molar-refractivity contribution in [2.24, 2.45) is 5.41 Å². The van der Waals surface area contributed by atoms with E-state index in [1.807, 2.05) is 13.8 Å². The molecular weight excluding hydrogens is 258 g/mol. The van der Waals surface area contributed by atoms with E-state index in [2.05, 4.69) is 0 Å². The van der Waals surface area contributed by atoms with E-state index in [1.54, 1.807) is 4.90 Å². The van der Waals surface area contributed by atoms with Gasteiger partial charge in [0.15, 0.2) is 0 Å². The van der Waals surface area contributed by atoms with Gasteiger partial charge in [0.25, 0.3) is 5.91 Å². The lowest BCUT2D eigenvalue weighted by molar-refractivity contribution is -0.167. The molecule has 0 aliphatic carbocycles. The highest BCUT2D eigenvalue weighted by atomic mass is 16.5. The second-order valence-electron chi connectivity index (χ2n) is 6.27. The zero-order valence-corrected chi connectivity index (χ0v) is 12.5. The molecule has 20 heavy (non-hydrogen) atoms. The first-order valence-electron chi connectivity index (χ1n) is 7.60. The summed E-state index contributed by atoms with van der Waals surface area (Å²) in [7, 11) is 0. The van der Waals surface area contributed by atoms with Crippen LogP contribution in [0.25, 0.3) is 0 Å². The van der Waals surface area contributed by atoms with Gasteiger partial charge in [0.1, 0.15) is 5.60 Å². The van der Waals surface area contributed by atoms with Crippen LogP contribution in [-0.4, -0.2) is 47.2 Å². The molecule has 0 saturated carbocycles. The number of aliphatic carboxylic acids is 1. The van der Waals surface area contributed by atoms with E-state index in [4.69, 9.17) is 4.74 Å². The number of carboxylic acids is 1. The summed E-state index contributed by atoms with van der Waals surface area (Å²) in [4.78, 5) is 25.8. The van der Waals surface area contributed by atoms with Crippen LogP contribution in [-0.2, 0) is 14.3 Å². The Kier molecular flexibility index (Phi) is 4.37. The second-order valence-corrected chi connectivity index (χ2v) is 6.27. The summed E-state index contributed by atoms with van der Waals surface area (Å²) in [5.41, 5.74) is -1.35. The maximum absolute atomic E-state index is 12.6. The van der Waals surface area contributed by atoms with Gasteiger partial charge in [-0.3, -0.25) is 9.59 Å². The summed E-state index contributed by atoms with van der Waals surface area (Å²) < 4.78 is 5.70. The first-order chi connectivity index (χ1) is 9.43. The van der Waals surface area contributed by atoms with Crippen LogP contribution in [0, 0.1) is 5.41 Å². The van der Waals surface area contributed by atoms with E-state index in [-0.39, 0.29) is 5.91 Å². The molecule has 0 spiro atoms. The Morgan fingerprint density at radius 2 is 1.85 bits per heavy atom. The van der Waals surface area contributed by atoms with Crippen molar-refractivity contribution in [2.45, 2.75) is 58.0 Å². The monoisotopic (exact) mass is 283 g/mol. The number of amides is 1. The number of ether oxygens (including phenoxy) is 1. The predicted molar refractivity (Wildman–Crippen MR) is 74.4 cm³/mol. The molecule has 5 nitrogen and oxygen atoms in total. The average molecular weight is 283 g/mol. The summed E-state index contributed by atoms with van der Waals surface area (Å²) in [5, 5.41) is 9.38. The Balaban J connectivity index is 1.99. The number of hydrogen-bond donors (Lipinski definition) is 1. The summed E-state index contributed by atoms with van der Waals surface area (Å²) in [6.07, 6.45) is 4.50. The van der Waals surface area contributed by atoms with Gasteiger partial charge in [0.2, 0.25) is 0 Å². The molecule has 0 radical (unpaired) electrons. The summed E-state index contributed by atoms with van der Waals surface area (Å²) in [6, 6.07) is 0.